The maximum atomic E-state index is 11.8. The fourth-order valence-corrected chi connectivity index (χ4v) is 2.10. The summed E-state index contributed by atoms with van der Waals surface area (Å²) in [5, 5.41) is 23.5. The number of amides is 2. The number of hydrogen-bond acceptors (Lipinski definition) is 4. The summed E-state index contributed by atoms with van der Waals surface area (Å²) in [5.74, 6) is -1.00. The lowest BCUT2D eigenvalue weighted by atomic mass is 10.1. The van der Waals surface area contributed by atoms with E-state index in [1.165, 1.54) is 12.1 Å². The molecule has 1 fully saturated rings. The summed E-state index contributed by atoms with van der Waals surface area (Å²) in [6.07, 6.45) is 0.868. The van der Waals surface area contributed by atoms with E-state index in [0.717, 1.165) is 6.42 Å². The molecule has 0 aromatic heterocycles. The minimum atomic E-state index is -1.11. The minimum Gasteiger partial charge on any atom is -0.508 e. The number of urea groups is 1. The van der Waals surface area contributed by atoms with E-state index in [4.69, 9.17) is 4.74 Å². The van der Waals surface area contributed by atoms with Crippen molar-refractivity contribution in [2.45, 2.75) is 24.9 Å². The largest absolute Gasteiger partial charge is 0.508 e. The fraction of sp³-hybridized carbons (Fsp3) is 0.429. The summed E-state index contributed by atoms with van der Waals surface area (Å²) in [7, 11) is 0. The molecule has 4 N–H and O–H groups in total. The molecule has 21 heavy (non-hydrogen) atoms. The van der Waals surface area contributed by atoms with Gasteiger partial charge in [-0.15, -0.1) is 0 Å². The second kappa shape index (κ2) is 6.94. The van der Waals surface area contributed by atoms with E-state index < -0.39 is 18.0 Å². The average Bonchev–Trinajstić information content (AvgIpc) is 2.93. The summed E-state index contributed by atoms with van der Waals surface area (Å²) in [4.78, 5) is 23.0. The van der Waals surface area contributed by atoms with Gasteiger partial charge in [0.2, 0.25) is 0 Å². The van der Waals surface area contributed by atoms with Crippen LogP contribution < -0.4 is 10.6 Å². The van der Waals surface area contributed by atoms with E-state index in [-0.39, 0.29) is 18.2 Å². The van der Waals surface area contributed by atoms with Gasteiger partial charge in [-0.3, -0.25) is 0 Å². The second-order valence-electron chi connectivity index (χ2n) is 4.94. The quantitative estimate of drug-likeness (QED) is 0.631. The SMILES string of the molecule is O=C(NC1CCOC1)N[C@@H](Cc1ccc(O)cc1)C(=O)O. The molecule has 0 radical (unpaired) electrons. The number of nitrogens with one attached hydrogen (secondary N) is 2. The number of rotatable bonds is 5. The first-order valence-electron chi connectivity index (χ1n) is 6.70. The zero-order chi connectivity index (χ0) is 15.2. The number of hydrogen-bond donors (Lipinski definition) is 4. The first kappa shape index (κ1) is 15.1. The standard InChI is InChI=1S/C14H18N2O5/c17-11-3-1-9(2-4-11)7-12(13(18)19)16-14(20)15-10-5-6-21-8-10/h1-4,10,12,17H,5-8H2,(H,18,19)(H2,15,16,20)/t10?,12-/m0/s1. The molecule has 1 aliphatic rings. The van der Waals surface area contributed by atoms with Crippen LogP contribution in [0.5, 0.6) is 5.75 Å². The second-order valence-corrected chi connectivity index (χ2v) is 4.94. The van der Waals surface area contributed by atoms with E-state index in [1.807, 2.05) is 0 Å². The van der Waals surface area contributed by atoms with Gasteiger partial charge in [-0.1, -0.05) is 12.1 Å². The number of carboxylic acids is 1. The normalized spacial score (nSPS) is 19.0. The smallest absolute Gasteiger partial charge is 0.326 e. The van der Waals surface area contributed by atoms with Crippen molar-refractivity contribution in [1.29, 1.82) is 0 Å². The number of carbonyl (C=O) groups excluding carboxylic acids is 1. The molecule has 7 heteroatoms. The van der Waals surface area contributed by atoms with Gasteiger partial charge < -0.3 is 25.6 Å². The molecule has 1 heterocycles. The molecule has 0 aliphatic carbocycles. The van der Waals surface area contributed by atoms with Gasteiger partial charge >= 0.3 is 12.0 Å². The summed E-state index contributed by atoms with van der Waals surface area (Å²) in [6.45, 7) is 1.05. The molecule has 0 bridgehead atoms. The van der Waals surface area contributed by atoms with Crippen molar-refractivity contribution in [2.24, 2.45) is 0 Å². The number of carbonyl (C=O) groups is 2. The highest BCUT2D eigenvalue weighted by Gasteiger charge is 2.23. The highest BCUT2D eigenvalue weighted by Crippen LogP contribution is 2.11. The highest BCUT2D eigenvalue weighted by atomic mass is 16.5. The molecule has 2 amide bonds. The van der Waals surface area contributed by atoms with E-state index in [9.17, 15) is 19.8 Å². The van der Waals surface area contributed by atoms with Crippen LogP contribution in [0.2, 0.25) is 0 Å². The third-order valence-electron chi connectivity index (χ3n) is 3.24. The Balaban J connectivity index is 1.90. The van der Waals surface area contributed by atoms with Crippen molar-refractivity contribution in [1.82, 2.24) is 10.6 Å². The Labute approximate surface area is 121 Å². The van der Waals surface area contributed by atoms with Gasteiger partial charge in [-0.25, -0.2) is 9.59 Å². The van der Waals surface area contributed by atoms with Crippen molar-refractivity contribution in [3.8, 4) is 5.75 Å². The third-order valence-corrected chi connectivity index (χ3v) is 3.24. The van der Waals surface area contributed by atoms with Crippen LogP contribution in [0.4, 0.5) is 4.79 Å². The monoisotopic (exact) mass is 294 g/mol. The van der Waals surface area contributed by atoms with E-state index >= 15 is 0 Å². The van der Waals surface area contributed by atoms with Crippen LogP contribution in [0.1, 0.15) is 12.0 Å². The Kier molecular flexibility index (Phi) is 4.99. The molecule has 1 aromatic rings. The van der Waals surface area contributed by atoms with Gasteiger partial charge in [0.25, 0.3) is 0 Å². The number of carboxylic acid groups (broad SMARTS) is 1. The van der Waals surface area contributed by atoms with Crippen LogP contribution in [-0.2, 0) is 16.0 Å². The molecular formula is C14H18N2O5. The van der Waals surface area contributed by atoms with Crippen LogP contribution in [0.3, 0.4) is 0 Å². The van der Waals surface area contributed by atoms with E-state index in [0.29, 0.717) is 18.8 Å². The zero-order valence-electron chi connectivity index (χ0n) is 11.4. The van der Waals surface area contributed by atoms with Gasteiger partial charge in [-0.2, -0.15) is 0 Å². The summed E-state index contributed by atoms with van der Waals surface area (Å²) in [5.41, 5.74) is 0.713. The third kappa shape index (κ3) is 4.64. The Morgan fingerprint density at radius 2 is 2.05 bits per heavy atom. The number of benzene rings is 1. The van der Waals surface area contributed by atoms with Gasteiger partial charge in [0.05, 0.1) is 12.6 Å². The Bertz CT molecular complexity index is 497. The lowest BCUT2D eigenvalue weighted by molar-refractivity contribution is -0.139. The molecule has 0 spiro atoms. The molecular weight excluding hydrogens is 276 g/mol. The van der Waals surface area contributed by atoms with Gasteiger partial charge in [0.15, 0.2) is 0 Å². The van der Waals surface area contributed by atoms with Crippen LogP contribution in [-0.4, -0.2) is 47.5 Å². The van der Waals surface area contributed by atoms with Crippen LogP contribution in [0.15, 0.2) is 24.3 Å². The molecule has 2 rings (SSSR count). The van der Waals surface area contributed by atoms with Crippen LogP contribution in [0, 0.1) is 0 Å². The molecule has 2 atom stereocenters. The van der Waals surface area contributed by atoms with Crippen LogP contribution >= 0.6 is 0 Å². The molecule has 114 valence electrons. The summed E-state index contributed by atoms with van der Waals surface area (Å²) >= 11 is 0. The summed E-state index contributed by atoms with van der Waals surface area (Å²) < 4.78 is 5.13. The maximum absolute atomic E-state index is 11.8. The van der Waals surface area contributed by atoms with Crippen molar-refractivity contribution >= 4 is 12.0 Å². The molecule has 1 aliphatic heterocycles. The van der Waals surface area contributed by atoms with Gasteiger partial charge in [0, 0.05) is 13.0 Å². The first-order valence-corrected chi connectivity index (χ1v) is 6.70. The number of aliphatic carboxylic acids is 1. The number of aromatic hydroxyl groups is 1. The zero-order valence-corrected chi connectivity index (χ0v) is 11.4. The Morgan fingerprint density at radius 1 is 1.33 bits per heavy atom. The fourth-order valence-electron chi connectivity index (χ4n) is 2.10. The lowest BCUT2D eigenvalue weighted by Crippen LogP contribution is -2.50. The topological polar surface area (TPSA) is 108 Å². The molecule has 1 aromatic carbocycles. The van der Waals surface area contributed by atoms with Crippen LogP contribution in [0.25, 0.3) is 0 Å². The van der Waals surface area contributed by atoms with Crippen molar-refractivity contribution in [3.05, 3.63) is 29.8 Å². The molecule has 1 saturated heterocycles. The highest BCUT2D eigenvalue weighted by molar-refractivity contribution is 5.82. The summed E-state index contributed by atoms with van der Waals surface area (Å²) in [6, 6.07) is 4.57. The minimum absolute atomic E-state index is 0.0758. The molecule has 1 unspecified atom stereocenters. The van der Waals surface area contributed by atoms with Gasteiger partial charge in [0.1, 0.15) is 11.8 Å². The van der Waals surface area contributed by atoms with E-state index in [1.54, 1.807) is 12.1 Å². The average molecular weight is 294 g/mol. The maximum Gasteiger partial charge on any atom is 0.326 e. The lowest BCUT2D eigenvalue weighted by Gasteiger charge is -2.17. The molecule has 0 saturated carbocycles. The predicted molar refractivity (Wildman–Crippen MR) is 74.1 cm³/mol. The number of phenolic OH excluding ortho intramolecular Hbond substituents is 1. The van der Waals surface area contributed by atoms with Crippen molar-refractivity contribution < 1.29 is 24.5 Å². The Morgan fingerprint density at radius 3 is 2.62 bits per heavy atom. The first-order chi connectivity index (χ1) is 10.0. The molecule has 7 nitrogen and oxygen atoms in total. The van der Waals surface area contributed by atoms with Crippen molar-refractivity contribution in [3.63, 3.8) is 0 Å². The van der Waals surface area contributed by atoms with E-state index in [2.05, 4.69) is 10.6 Å². The number of ether oxygens (including phenoxy) is 1. The number of phenols is 1. The van der Waals surface area contributed by atoms with Gasteiger partial charge in [-0.05, 0) is 24.1 Å². The van der Waals surface area contributed by atoms with Crippen molar-refractivity contribution in [2.75, 3.05) is 13.2 Å². The predicted octanol–water partition coefficient (Wildman–Crippen LogP) is 0.476. The Hall–Kier alpha value is -2.28.